The minimum absolute atomic E-state index is 0.240. The van der Waals surface area contributed by atoms with Gasteiger partial charge in [-0.2, -0.15) is 0 Å². The maximum absolute atomic E-state index is 5.67. The quantitative estimate of drug-likeness (QED) is 0.707. The number of nitrogens with two attached hydrogens (primary N) is 1. The fourth-order valence-corrected chi connectivity index (χ4v) is 1.83. The molecule has 1 unspecified atom stereocenters. The Morgan fingerprint density at radius 2 is 2.29 bits per heavy atom. The van der Waals surface area contributed by atoms with Gasteiger partial charge in [-0.05, 0) is 31.0 Å². The van der Waals surface area contributed by atoms with Crippen molar-refractivity contribution in [3.8, 4) is 5.75 Å². The van der Waals surface area contributed by atoms with E-state index in [-0.39, 0.29) is 6.04 Å². The molecule has 1 aliphatic rings. The Bertz CT molecular complexity index is 349. The fraction of sp³-hybridized carbons (Fsp3) is 0.455. The molecule has 1 aromatic rings. The fourth-order valence-electron chi connectivity index (χ4n) is 1.83. The zero-order valence-corrected chi connectivity index (χ0v) is 8.63. The lowest BCUT2D eigenvalue weighted by Gasteiger charge is -2.28. The molecule has 3 N–H and O–H groups in total. The topological polar surface area (TPSA) is 47.3 Å². The molecule has 0 aliphatic carbocycles. The number of rotatable bonds is 1. The van der Waals surface area contributed by atoms with E-state index in [4.69, 9.17) is 10.5 Å². The van der Waals surface area contributed by atoms with Gasteiger partial charge in [-0.15, -0.1) is 0 Å². The largest absolute Gasteiger partial charge is 0.489 e. The van der Waals surface area contributed by atoms with Gasteiger partial charge in [0.25, 0.3) is 0 Å². The van der Waals surface area contributed by atoms with Crippen molar-refractivity contribution in [1.82, 2.24) is 0 Å². The second-order valence-corrected chi connectivity index (χ2v) is 3.85. The van der Waals surface area contributed by atoms with Gasteiger partial charge in [-0.25, -0.2) is 0 Å². The minimum Gasteiger partial charge on any atom is -0.489 e. The first kappa shape index (κ1) is 9.34. The maximum Gasteiger partial charge on any atom is 0.145 e. The van der Waals surface area contributed by atoms with Gasteiger partial charge in [0.05, 0.1) is 11.7 Å². The van der Waals surface area contributed by atoms with E-state index in [1.165, 1.54) is 11.1 Å². The first-order valence-electron chi connectivity index (χ1n) is 4.91. The highest BCUT2D eigenvalue weighted by molar-refractivity contribution is 5.63. The van der Waals surface area contributed by atoms with Crippen molar-refractivity contribution in [3.63, 3.8) is 0 Å². The lowest BCUT2D eigenvalue weighted by molar-refractivity contribution is 0.285. The number of hydrogen-bond acceptors (Lipinski definition) is 3. The first-order chi connectivity index (χ1) is 6.70. The standard InChI is InChI=1S/C11H16N2O/c1-7-3-8(2)11-10(4-7)13-9(5-12)6-14-11/h3-4,9,13H,5-6,12H2,1-2H3. The van der Waals surface area contributed by atoms with E-state index in [0.29, 0.717) is 13.2 Å². The van der Waals surface area contributed by atoms with Gasteiger partial charge in [0.1, 0.15) is 12.4 Å². The summed E-state index contributed by atoms with van der Waals surface area (Å²) in [6, 6.07) is 4.47. The van der Waals surface area contributed by atoms with Crippen LogP contribution in [-0.4, -0.2) is 19.2 Å². The van der Waals surface area contributed by atoms with Crippen molar-refractivity contribution < 1.29 is 4.74 Å². The van der Waals surface area contributed by atoms with Crippen LogP contribution in [0.2, 0.25) is 0 Å². The van der Waals surface area contributed by atoms with E-state index in [1.54, 1.807) is 0 Å². The molecule has 1 heterocycles. The summed E-state index contributed by atoms with van der Waals surface area (Å²) >= 11 is 0. The molecule has 0 bridgehead atoms. The first-order valence-corrected chi connectivity index (χ1v) is 4.91. The van der Waals surface area contributed by atoms with E-state index < -0.39 is 0 Å². The van der Waals surface area contributed by atoms with E-state index in [9.17, 15) is 0 Å². The van der Waals surface area contributed by atoms with Crippen molar-refractivity contribution in [2.24, 2.45) is 5.73 Å². The lowest BCUT2D eigenvalue weighted by Crippen LogP contribution is -2.37. The molecule has 2 rings (SSSR count). The van der Waals surface area contributed by atoms with Gasteiger partial charge in [0, 0.05) is 6.54 Å². The van der Waals surface area contributed by atoms with Crippen molar-refractivity contribution in [1.29, 1.82) is 0 Å². The number of fused-ring (bicyclic) bond motifs is 1. The molecular weight excluding hydrogens is 176 g/mol. The number of anilines is 1. The van der Waals surface area contributed by atoms with Crippen LogP contribution in [-0.2, 0) is 0 Å². The van der Waals surface area contributed by atoms with E-state index >= 15 is 0 Å². The van der Waals surface area contributed by atoms with Crippen LogP contribution in [0.4, 0.5) is 5.69 Å². The molecule has 3 heteroatoms. The molecule has 0 saturated heterocycles. The summed E-state index contributed by atoms with van der Waals surface area (Å²) in [7, 11) is 0. The molecule has 0 aromatic heterocycles. The van der Waals surface area contributed by atoms with Crippen LogP contribution in [0.5, 0.6) is 5.75 Å². The van der Waals surface area contributed by atoms with Crippen LogP contribution in [0.1, 0.15) is 11.1 Å². The second kappa shape index (κ2) is 3.50. The Labute approximate surface area is 84.3 Å². The summed E-state index contributed by atoms with van der Waals surface area (Å²) in [6.45, 7) is 5.41. The van der Waals surface area contributed by atoms with Crippen LogP contribution in [0, 0.1) is 13.8 Å². The van der Waals surface area contributed by atoms with E-state index in [1.807, 2.05) is 0 Å². The number of benzene rings is 1. The molecule has 0 amide bonds. The van der Waals surface area contributed by atoms with Crippen LogP contribution in [0.3, 0.4) is 0 Å². The van der Waals surface area contributed by atoms with E-state index in [2.05, 4.69) is 31.3 Å². The Kier molecular flexibility index (Phi) is 2.33. The van der Waals surface area contributed by atoms with Crippen molar-refractivity contribution in [3.05, 3.63) is 23.3 Å². The second-order valence-electron chi connectivity index (χ2n) is 3.85. The zero-order valence-electron chi connectivity index (χ0n) is 8.63. The third kappa shape index (κ3) is 1.55. The van der Waals surface area contributed by atoms with Gasteiger partial charge in [-0.3, -0.25) is 0 Å². The predicted octanol–water partition coefficient (Wildman–Crippen LogP) is 1.44. The third-order valence-electron chi connectivity index (χ3n) is 2.49. The summed E-state index contributed by atoms with van der Waals surface area (Å²) in [5.41, 5.74) is 9.10. The molecule has 76 valence electrons. The van der Waals surface area contributed by atoms with Crippen LogP contribution in [0.15, 0.2) is 12.1 Å². The predicted molar refractivity (Wildman–Crippen MR) is 57.9 cm³/mol. The number of hydrogen-bond donors (Lipinski definition) is 2. The number of nitrogens with one attached hydrogen (secondary N) is 1. The van der Waals surface area contributed by atoms with Gasteiger partial charge < -0.3 is 15.8 Å². The summed E-state index contributed by atoms with van der Waals surface area (Å²) in [6.07, 6.45) is 0. The summed E-state index contributed by atoms with van der Waals surface area (Å²) < 4.78 is 5.67. The minimum atomic E-state index is 0.240. The smallest absolute Gasteiger partial charge is 0.145 e. The zero-order chi connectivity index (χ0) is 10.1. The summed E-state index contributed by atoms with van der Waals surface area (Å²) in [4.78, 5) is 0. The molecule has 0 radical (unpaired) electrons. The van der Waals surface area contributed by atoms with Crippen molar-refractivity contribution in [2.45, 2.75) is 19.9 Å². The molecule has 1 aliphatic heterocycles. The molecule has 0 saturated carbocycles. The molecule has 0 spiro atoms. The Hall–Kier alpha value is -1.22. The highest BCUT2D eigenvalue weighted by Crippen LogP contribution is 2.33. The average Bonchev–Trinajstić information content (AvgIpc) is 2.16. The number of ether oxygens (including phenoxy) is 1. The average molecular weight is 192 g/mol. The molecule has 3 nitrogen and oxygen atoms in total. The Morgan fingerprint density at radius 3 is 3.00 bits per heavy atom. The Balaban J connectivity index is 2.37. The van der Waals surface area contributed by atoms with Crippen molar-refractivity contribution >= 4 is 5.69 Å². The lowest BCUT2D eigenvalue weighted by atomic mass is 10.1. The van der Waals surface area contributed by atoms with Crippen LogP contribution < -0.4 is 15.8 Å². The van der Waals surface area contributed by atoms with Crippen molar-refractivity contribution in [2.75, 3.05) is 18.5 Å². The van der Waals surface area contributed by atoms with Gasteiger partial charge in [-0.1, -0.05) is 6.07 Å². The van der Waals surface area contributed by atoms with Gasteiger partial charge >= 0.3 is 0 Å². The van der Waals surface area contributed by atoms with Gasteiger partial charge in [0.2, 0.25) is 0 Å². The maximum atomic E-state index is 5.67. The Morgan fingerprint density at radius 1 is 1.50 bits per heavy atom. The van der Waals surface area contributed by atoms with Crippen LogP contribution >= 0.6 is 0 Å². The highest BCUT2D eigenvalue weighted by atomic mass is 16.5. The summed E-state index contributed by atoms with van der Waals surface area (Å²) in [5, 5.41) is 3.38. The SMILES string of the molecule is Cc1cc(C)c2c(c1)NC(CN)CO2. The third-order valence-corrected chi connectivity index (χ3v) is 2.49. The normalized spacial score (nSPS) is 19.5. The molecule has 0 fully saturated rings. The molecular formula is C11H16N2O. The van der Waals surface area contributed by atoms with E-state index in [0.717, 1.165) is 11.4 Å². The molecule has 1 aromatic carbocycles. The van der Waals surface area contributed by atoms with Gasteiger partial charge in [0.15, 0.2) is 0 Å². The molecule has 1 atom stereocenters. The number of aryl methyl sites for hydroxylation is 2. The molecule has 14 heavy (non-hydrogen) atoms. The monoisotopic (exact) mass is 192 g/mol. The summed E-state index contributed by atoms with van der Waals surface area (Å²) in [5.74, 6) is 0.973. The van der Waals surface area contributed by atoms with Crippen LogP contribution in [0.25, 0.3) is 0 Å². The highest BCUT2D eigenvalue weighted by Gasteiger charge is 2.19.